The van der Waals surface area contributed by atoms with Crippen molar-refractivity contribution in [1.29, 1.82) is 0 Å². The van der Waals surface area contributed by atoms with Crippen LogP contribution in [0.5, 0.6) is 5.75 Å². The maximum Gasteiger partial charge on any atom is 0.267 e. The number of carbonyl (C=O) groups excluding carboxylic acids is 1. The second kappa shape index (κ2) is 9.69. The average molecular weight is 439 g/mol. The van der Waals surface area contributed by atoms with Crippen LogP contribution in [0, 0.1) is 5.82 Å². The van der Waals surface area contributed by atoms with Crippen LogP contribution in [0.4, 0.5) is 10.1 Å². The third-order valence-corrected chi connectivity index (χ3v) is 6.38. The van der Waals surface area contributed by atoms with Crippen LogP contribution in [0.2, 0.25) is 0 Å². The molecule has 0 unspecified atom stereocenters. The number of aliphatic imine (C=N–C) groups is 1. The average Bonchev–Trinajstić information content (AvgIpc) is 3.06. The Morgan fingerprint density at radius 2 is 1.81 bits per heavy atom. The molecular formula is C25H27FN2O2S. The topological polar surface area (TPSA) is 41.9 Å². The molecule has 0 bridgehead atoms. The van der Waals surface area contributed by atoms with E-state index < -0.39 is 0 Å². The van der Waals surface area contributed by atoms with Gasteiger partial charge in [-0.1, -0.05) is 43.5 Å². The Morgan fingerprint density at radius 1 is 1.10 bits per heavy atom. The highest BCUT2D eigenvalue weighted by atomic mass is 32.2. The van der Waals surface area contributed by atoms with Gasteiger partial charge in [0.1, 0.15) is 17.3 Å². The molecule has 0 spiro atoms. The normalized spacial score (nSPS) is 20.3. The summed E-state index contributed by atoms with van der Waals surface area (Å²) in [5.74, 6) is 0.368. The van der Waals surface area contributed by atoms with Crippen molar-refractivity contribution in [2.24, 2.45) is 4.99 Å². The number of halogens is 1. The summed E-state index contributed by atoms with van der Waals surface area (Å²) in [5.41, 5.74) is 1.18. The zero-order valence-corrected chi connectivity index (χ0v) is 18.7. The van der Waals surface area contributed by atoms with Crippen molar-refractivity contribution in [1.82, 2.24) is 4.90 Å². The maximum absolute atomic E-state index is 14.2. The van der Waals surface area contributed by atoms with E-state index in [4.69, 9.17) is 4.74 Å². The third kappa shape index (κ3) is 5.18. The third-order valence-electron chi connectivity index (χ3n) is 5.39. The van der Waals surface area contributed by atoms with Crippen molar-refractivity contribution in [3.63, 3.8) is 0 Å². The highest BCUT2D eigenvalue weighted by molar-refractivity contribution is 8.18. The van der Waals surface area contributed by atoms with E-state index in [1.165, 1.54) is 24.2 Å². The largest absolute Gasteiger partial charge is 0.491 e. The molecule has 31 heavy (non-hydrogen) atoms. The van der Waals surface area contributed by atoms with Crippen LogP contribution >= 0.6 is 11.8 Å². The second-order valence-corrected chi connectivity index (χ2v) is 9.17. The molecule has 0 aromatic heterocycles. The second-order valence-electron chi connectivity index (χ2n) is 8.16. The van der Waals surface area contributed by atoms with E-state index in [-0.39, 0.29) is 29.6 Å². The first-order valence-corrected chi connectivity index (χ1v) is 11.7. The fraction of sp³-hybridized carbons (Fsp3) is 0.360. The number of hydrogen-bond acceptors (Lipinski definition) is 4. The number of para-hydroxylation sites is 1. The predicted molar refractivity (Wildman–Crippen MR) is 125 cm³/mol. The lowest BCUT2D eigenvalue weighted by atomic mass is 9.94. The lowest BCUT2D eigenvalue weighted by Crippen LogP contribution is -2.40. The van der Waals surface area contributed by atoms with Gasteiger partial charge in [-0.2, -0.15) is 0 Å². The van der Waals surface area contributed by atoms with Gasteiger partial charge >= 0.3 is 0 Å². The van der Waals surface area contributed by atoms with E-state index in [2.05, 4.69) is 4.99 Å². The molecule has 4 nitrogen and oxygen atoms in total. The molecule has 1 saturated heterocycles. The van der Waals surface area contributed by atoms with Crippen molar-refractivity contribution in [3.05, 3.63) is 64.8 Å². The van der Waals surface area contributed by atoms with E-state index in [0.717, 1.165) is 37.0 Å². The molecular weight excluding hydrogens is 411 g/mol. The SMILES string of the molecule is CC(C)Oc1ccc(/C=C2\SC(=Nc3ccccc3F)N(C3CCCCC3)C2=O)cc1. The van der Waals surface area contributed by atoms with Gasteiger partial charge in [-0.15, -0.1) is 0 Å². The molecule has 0 radical (unpaired) electrons. The fourth-order valence-corrected chi connectivity index (χ4v) is 4.99. The van der Waals surface area contributed by atoms with Gasteiger partial charge in [0.25, 0.3) is 5.91 Å². The van der Waals surface area contributed by atoms with E-state index in [9.17, 15) is 9.18 Å². The summed E-state index contributed by atoms with van der Waals surface area (Å²) in [6, 6.07) is 14.2. The molecule has 2 fully saturated rings. The summed E-state index contributed by atoms with van der Waals surface area (Å²) in [6.07, 6.45) is 7.29. The van der Waals surface area contributed by atoms with Crippen LogP contribution in [0.3, 0.4) is 0 Å². The summed E-state index contributed by atoms with van der Waals surface area (Å²) in [5, 5.41) is 0.563. The minimum atomic E-state index is -0.384. The molecule has 1 saturated carbocycles. The first-order chi connectivity index (χ1) is 15.0. The monoisotopic (exact) mass is 438 g/mol. The fourth-order valence-electron chi connectivity index (χ4n) is 3.94. The number of carbonyl (C=O) groups is 1. The summed E-state index contributed by atoms with van der Waals surface area (Å²) < 4.78 is 19.9. The summed E-state index contributed by atoms with van der Waals surface area (Å²) in [6.45, 7) is 3.97. The Balaban J connectivity index is 1.64. The van der Waals surface area contributed by atoms with Gasteiger partial charge in [0.2, 0.25) is 0 Å². The maximum atomic E-state index is 14.2. The van der Waals surface area contributed by atoms with E-state index in [1.54, 1.807) is 23.1 Å². The number of benzene rings is 2. The Morgan fingerprint density at radius 3 is 2.48 bits per heavy atom. The Labute approximate surface area is 187 Å². The van der Waals surface area contributed by atoms with Crippen molar-refractivity contribution in [3.8, 4) is 5.75 Å². The quantitative estimate of drug-likeness (QED) is 0.497. The van der Waals surface area contributed by atoms with Crippen LogP contribution < -0.4 is 4.74 Å². The Hall–Kier alpha value is -2.60. The number of ether oxygens (including phenoxy) is 1. The van der Waals surface area contributed by atoms with Gasteiger partial charge in [-0.3, -0.25) is 9.69 Å². The van der Waals surface area contributed by atoms with E-state index in [0.29, 0.717) is 10.1 Å². The van der Waals surface area contributed by atoms with Crippen LogP contribution in [-0.4, -0.2) is 28.1 Å². The number of rotatable bonds is 5. The lowest BCUT2D eigenvalue weighted by Gasteiger charge is -2.30. The number of amides is 1. The molecule has 0 N–H and O–H groups in total. The smallest absolute Gasteiger partial charge is 0.267 e. The molecule has 0 atom stereocenters. The van der Waals surface area contributed by atoms with Crippen molar-refractivity contribution >= 4 is 34.6 Å². The molecule has 6 heteroatoms. The zero-order valence-electron chi connectivity index (χ0n) is 17.9. The number of thioether (sulfide) groups is 1. The molecule has 2 aliphatic rings. The molecule has 162 valence electrons. The number of hydrogen-bond donors (Lipinski definition) is 0. The van der Waals surface area contributed by atoms with Gasteiger partial charge in [0.05, 0.1) is 11.0 Å². The van der Waals surface area contributed by atoms with Crippen LogP contribution in [0.25, 0.3) is 6.08 Å². The molecule has 1 aliphatic carbocycles. The minimum absolute atomic E-state index is 0.0468. The van der Waals surface area contributed by atoms with Crippen LogP contribution in [0.1, 0.15) is 51.5 Å². The van der Waals surface area contributed by atoms with Crippen LogP contribution in [-0.2, 0) is 4.79 Å². The van der Waals surface area contributed by atoms with Gasteiger partial charge in [-0.25, -0.2) is 9.38 Å². The van der Waals surface area contributed by atoms with Crippen molar-refractivity contribution in [2.75, 3.05) is 0 Å². The lowest BCUT2D eigenvalue weighted by molar-refractivity contribution is -0.124. The van der Waals surface area contributed by atoms with Gasteiger partial charge in [-0.05, 0) is 74.4 Å². The summed E-state index contributed by atoms with van der Waals surface area (Å²) >= 11 is 1.32. The number of amidine groups is 1. The molecule has 2 aromatic rings. The standard InChI is InChI=1S/C25H27FN2O2S/c1-17(2)30-20-14-12-18(13-15-20)16-23-24(29)28(19-8-4-3-5-9-19)25(31-23)27-22-11-7-6-10-21(22)26/h6-7,10-17,19H,3-5,8-9H2,1-2H3/b23-16-,27-25?. The van der Waals surface area contributed by atoms with E-state index in [1.807, 2.05) is 44.2 Å². The molecule has 4 rings (SSSR count). The molecule has 1 amide bonds. The molecule has 1 aliphatic heterocycles. The highest BCUT2D eigenvalue weighted by Crippen LogP contribution is 2.38. The Bertz CT molecular complexity index is 995. The predicted octanol–water partition coefficient (Wildman–Crippen LogP) is 6.55. The Kier molecular flexibility index (Phi) is 6.76. The summed E-state index contributed by atoms with van der Waals surface area (Å²) in [7, 11) is 0. The summed E-state index contributed by atoms with van der Waals surface area (Å²) in [4.78, 5) is 20.3. The highest BCUT2D eigenvalue weighted by Gasteiger charge is 2.38. The van der Waals surface area contributed by atoms with E-state index >= 15 is 0 Å². The number of nitrogens with zero attached hydrogens (tertiary/aromatic N) is 2. The first kappa shape index (κ1) is 21.6. The van der Waals surface area contributed by atoms with Gasteiger partial charge in [0.15, 0.2) is 5.17 Å². The van der Waals surface area contributed by atoms with Crippen molar-refractivity contribution < 1.29 is 13.9 Å². The molecule has 2 aromatic carbocycles. The van der Waals surface area contributed by atoms with Crippen molar-refractivity contribution in [2.45, 2.75) is 58.1 Å². The zero-order chi connectivity index (χ0) is 21.8. The first-order valence-electron chi connectivity index (χ1n) is 10.8. The minimum Gasteiger partial charge on any atom is -0.491 e. The molecule has 1 heterocycles. The van der Waals surface area contributed by atoms with Gasteiger partial charge < -0.3 is 4.74 Å². The van der Waals surface area contributed by atoms with Gasteiger partial charge in [0, 0.05) is 6.04 Å². The van der Waals surface area contributed by atoms with Crippen LogP contribution in [0.15, 0.2) is 58.4 Å².